The van der Waals surface area contributed by atoms with Gasteiger partial charge in [-0.25, -0.2) is 9.37 Å². The Kier molecular flexibility index (Phi) is 3.59. The summed E-state index contributed by atoms with van der Waals surface area (Å²) in [5.41, 5.74) is 0.0877. The number of halogens is 1. The number of fused-ring (bicyclic) bond motifs is 1. The molecule has 0 bridgehead atoms. The van der Waals surface area contributed by atoms with E-state index >= 15 is 0 Å². The van der Waals surface area contributed by atoms with Gasteiger partial charge in [0.15, 0.2) is 0 Å². The van der Waals surface area contributed by atoms with Crippen molar-refractivity contribution in [3.8, 4) is 0 Å². The van der Waals surface area contributed by atoms with Crippen molar-refractivity contribution in [2.45, 2.75) is 44.7 Å². The minimum Gasteiger partial charge on any atom is -0.310 e. The normalized spacial score (nSPS) is 31.1. The molecular formula is C17H19FN2O2. The molecule has 2 heterocycles. The first kappa shape index (κ1) is 14.9. The van der Waals surface area contributed by atoms with Crippen LogP contribution in [0.3, 0.4) is 0 Å². The summed E-state index contributed by atoms with van der Waals surface area (Å²) in [7, 11) is 0. The van der Waals surface area contributed by atoms with E-state index in [2.05, 4.69) is 10.3 Å². The molecule has 1 aliphatic heterocycles. The molecule has 0 atom stereocenters. The van der Waals surface area contributed by atoms with E-state index in [0.29, 0.717) is 44.2 Å². The zero-order valence-corrected chi connectivity index (χ0v) is 12.6. The van der Waals surface area contributed by atoms with E-state index in [-0.39, 0.29) is 5.91 Å². The molecule has 1 aromatic rings. The molecule has 4 nitrogen and oxygen atoms in total. The summed E-state index contributed by atoms with van der Waals surface area (Å²) in [4.78, 5) is 27.1. The first-order chi connectivity index (χ1) is 10.4. The smallest absolute Gasteiger partial charge is 0.232 e. The van der Waals surface area contributed by atoms with Gasteiger partial charge in [-0.05, 0) is 62.3 Å². The van der Waals surface area contributed by atoms with Crippen LogP contribution in [0.15, 0.2) is 18.3 Å². The Bertz CT molecular complexity index is 642. The fourth-order valence-corrected chi connectivity index (χ4v) is 3.36. The number of pyridine rings is 1. The molecule has 5 heteroatoms. The molecule has 0 unspecified atom stereocenters. The number of allylic oxidation sites excluding steroid dienone is 1. The van der Waals surface area contributed by atoms with E-state index in [0.717, 1.165) is 11.1 Å². The first-order valence-electron chi connectivity index (χ1n) is 7.55. The van der Waals surface area contributed by atoms with Crippen LogP contribution in [0.5, 0.6) is 0 Å². The van der Waals surface area contributed by atoms with E-state index < -0.39 is 11.1 Å². The Balaban J connectivity index is 1.88. The van der Waals surface area contributed by atoms with Gasteiger partial charge in [0.25, 0.3) is 0 Å². The molecule has 1 fully saturated rings. The van der Waals surface area contributed by atoms with Gasteiger partial charge in [0, 0.05) is 6.20 Å². The van der Waals surface area contributed by atoms with E-state index in [4.69, 9.17) is 0 Å². The maximum Gasteiger partial charge on any atom is 0.232 e. The lowest BCUT2D eigenvalue weighted by atomic mass is 9.65. The number of anilines is 1. The quantitative estimate of drug-likeness (QED) is 0.674. The third-order valence-corrected chi connectivity index (χ3v) is 4.85. The van der Waals surface area contributed by atoms with Gasteiger partial charge >= 0.3 is 0 Å². The summed E-state index contributed by atoms with van der Waals surface area (Å²) >= 11 is 0. The number of rotatable bonds is 2. The fraction of sp³-hybridized carbons (Fsp3) is 0.471. The van der Waals surface area contributed by atoms with Crippen molar-refractivity contribution in [1.82, 2.24) is 4.98 Å². The van der Waals surface area contributed by atoms with Gasteiger partial charge in [-0.3, -0.25) is 9.59 Å². The van der Waals surface area contributed by atoms with Crippen LogP contribution in [0.4, 0.5) is 10.2 Å². The summed E-state index contributed by atoms with van der Waals surface area (Å²) < 4.78 is 14.0. The van der Waals surface area contributed by atoms with Gasteiger partial charge in [-0.2, -0.15) is 0 Å². The van der Waals surface area contributed by atoms with Crippen LogP contribution in [0, 0.1) is 5.41 Å². The number of alkyl halides is 1. The standard InChI is InChI=1S/C17H19FN2O2/c1-16(18)4-6-17(7-5-16)10-13-9-12(3-2-8-21)11-19-14(13)20-15(17)22/h2-3,8-9,11H,4-7,10H2,1H3,(H,19,20,22)/b3-2+. The molecule has 2 aliphatic rings. The summed E-state index contributed by atoms with van der Waals surface area (Å²) in [5.74, 6) is 0.534. The van der Waals surface area contributed by atoms with Crippen molar-refractivity contribution in [1.29, 1.82) is 0 Å². The number of hydrogen-bond donors (Lipinski definition) is 1. The van der Waals surface area contributed by atoms with E-state index in [1.54, 1.807) is 19.2 Å². The maximum atomic E-state index is 14.0. The molecule has 22 heavy (non-hydrogen) atoms. The lowest BCUT2D eigenvalue weighted by Gasteiger charge is -2.42. The van der Waals surface area contributed by atoms with Gasteiger partial charge < -0.3 is 5.32 Å². The third-order valence-electron chi connectivity index (χ3n) is 4.85. The predicted molar refractivity (Wildman–Crippen MR) is 82.1 cm³/mol. The predicted octanol–water partition coefficient (Wildman–Crippen LogP) is 3.08. The minimum absolute atomic E-state index is 0.0424. The second-order valence-electron chi connectivity index (χ2n) is 6.60. The zero-order valence-electron chi connectivity index (χ0n) is 12.6. The average Bonchev–Trinajstić information content (AvgIpc) is 2.49. The highest BCUT2D eigenvalue weighted by molar-refractivity contribution is 5.97. The van der Waals surface area contributed by atoms with Gasteiger partial charge in [0.05, 0.1) is 5.41 Å². The molecule has 1 N–H and O–H groups in total. The van der Waals surface area contributed by atoms with Crippen LogP contribution >= 0.6 is 0 Å². The van der Waals surface area contributed by atoms with Gasteiger partial charge in [0.2, 0.25) is 5.91 Å². The van der Waals surface area contributed by atoms with Crippen molar-refractivity contribution >= 4 is 24.1 Å². The maximum absolute atomic E-state index is 14.0. The van der Waals surface area contributed by atoms with Gasteiger partial charge in [-0.15, -0.1) is 0 Å². The number of nitrogens with one attached hydrogen (secondary N) is 1. The van der Waals surface area contributed by atoms with Crippen LogP contribution in [0.25, 0.3) is 6.08 Å². The molecule has 1 amide bonds. The molecule has 0 saturated heterocycles. The molecule has 1 aliphatic carbocycles. The Morgan fingerprint density at radius 1 is 1.32 bits per heavy atom. The molecule has 1 saturated carbocycles. The second kappa shape index (κ2) is 5.30. The molecule has 116 valence electrons. The van der Waals surface area contributed by atoms with Crippen molar-refractivity contribution in [3.63, 3.8) is 0 Å². The number of carbonyl (C=O) groups excluding carboxylic acids is 2. The fourth-order valence-electron chi connectivity index (χ4n) is 3.36. The number of carbonyl (C=O) groups is 2. The average molecular weight is 302 g/mol. The molecule has 0 radical (unpaired) electrons. The van der Waals surface area contributed by atoms with Crippen molar-refractivity contribution in [2.75, 3.05) is 5.32 Å². The zero-order chi connectivity index (χ0) is 15.8. The first-order valence-corrected chi connectivity index (χ1v) is 7.55. The largest absolute Gasteiger partial charge is 0.310 e. The Hall–Kier alpha value is -2.04. The molecule has 1 aromatic heterocycles. The Labute approximate surface area is 128 Å². The van der Waals surface area contributed by atoms with Crippen LogP contribution in [-0.4, -0.2) is 22.8 Å². The number of amides is 1. The van der Waals surface area contributed by atoms with Gasteiger partial charge in [0.1, 0.15) is 17.8 Å². The van der Waals surface area contributed by atoms with E-state index in [1.807, 2.05) is 6.07 Å². The lowest BCUT2D eigenvalue weighted by Crippen LogP contribution is -2.46. The van der Waals surface area contributed by atoms with Crippen LogP contribution in [0.1, 0.15) is 43.7 Å². The van der Waals surface area contributed by atoms with Crippen molar-refractivity contribution < 1.29 is 14.0 Å². The summed E-state index contributed by atoms with van der Waals surface area (Å²) in [5, 5.41) is 2.86. The number of hydrogen-bond acceptors (Lipinski definition) is 3. The number of aldehydes is 1. The van der Waals surface area contributed by atoms with E-state index in [9.17, 15) is 14.0 Å². The highest BCUT2D eigenvalue weighted by Gasteiger charge is 2.48. The second-order valence-corrected chi connectivity index (χ2v) is 6.60. The number of nitrogens with zero attached hydrogens (tertiary/aromatic N) is 1. The minimum atomic E-state index is -1.17. The SMILES string of the molecule is CC1(F)CCC2(CC1)Cc1cc(/C=C/C=O)cnc1NC2=O. The van der Waals surface area contributed by atoms with Gasteiger partial charge in [-0.1, -0.05) is 6.08 Å². The third kappa shape index (κ3) is 2.67. The Morgan fingerprint density at radius 2 is 2.05 bits per heavy atom. The monoisotopic (exact) mass is 302 g/mol. The van der Waals surface area contributed by atoms with Crippen LogP contribution in [0.2, 0.25) is 0 Å². The molecule has 0 aromatic carbocycles. The topological polar surface area (TPSA) is 59.1 Å². The highest BCUT2D eigenvalue weighted by atomic mass is 19.1. The van der Waals surface area contributed by atoms with Crippen molar-refractivity contribution in [3.05, 3.63) is 29.5 Å². The molecule has 1 spiro atoms. The molecule has 3 rings (SSSR count). The van der Waals surface area contributed by atoms with Crippen LogP contribution in [-0.2, 0) is 16.0 Å². The lowest BCUT2D eigenvalue weighted by molar-refractivity contribution is -0.129. The summed E-state index contributed by atoms with van der Waals surface area (Å²) in [6.07, 6.45) is 7.95. The molecular weight excluding hydrogens is 283 g/mol. The summed E-state index contributed by atoms with van der Waals surface area (Å²) in [6, 6.07) is 1.94. The van der Waals surface area contributed by atoms with Crippen LogP contribution < -0.4 is 5.32 Å². The Morgan fingerprint density at radius 3 is 2.73 bits per heavy atom. The van der Waals surface area contributed by atoms with Crippen molar-refractivity contribution in [2.24, 2.45) is 5.41 Å². The van der Waals surface area contributed by atoms with E-state index in [1.165, 1.54) is 6.08 Å². The highest BCUT2D eigenvalue weighted by Crippen LogP contribution is 2.47. The number of aromatic nitrogens is 1. The summed E-state index contributed by atoms with van der Waals surface area (Å²) in [6.45, 7) is 1.61.